The van der Waals surface area contributed by atoms with Crippen molar-refractivity contribution >= 4 is 23.0 Å². The van der Waals surface area contributed by atoms with Crippen LogP contribution in [-0.4, -0.2) is 74.4 Å². The van der Waals surface area contributed by atoms with Crippen molar-refractivity contribution in [2.45, 2.75) is 92.4 Å². The summed E-state index contributed by atoms with van der Waals surface area (Å²) in [5.74, 6) is 1.27. The SMILES string of the molecule is COCCC(C)=Nc1ccc(C(=O)N(CCC(C)C)CCC(C)C)cc1NCCCCN1CCCCCC1. The largest absolute Gasteiger partial charge is 0.384 e. The van der Waals surface area contributed by atoms with E-state index in [4.69, 9.17) is 9.73 Å². The van der Waals surface area contributed by atoms with E-state index in [1.165, 1.54) is 51.7 Å². The van der Waals surface area contributed by atoms with Crippen LogP contribution >= 0.6 is 0 Å². The predicted octanol–water partition coefficient (Wildman–Crippen LogP) is 7.42. The van der Waals surface area contributed by atoms with E-state index >= 15 is 0 Å². The van der Waals surface area contributed by atoms with Gasteiger partial charge in [0.25, 0.3) is 5.91 Å². The van der Waals surface area contributed by atoms with Gasteiger partial charge in [0, 0.05) is 44.4 Å². The molecule has 0 saturated carbocycles. The number of benzene rings is 1. The second-order valence-electron chi connectivity index (χ2n) is 11.9. The average Bonchev–Trinajstić information content (AvgIpc) is 3.16. The van der Waals surface area contributed by atoms with Crippen molar-refractivity contribution in [1.82, 2.24) is 9.80 Å². The summed E-state index contributed by atoms with van der Waals surface area (Å²) >= 11 is 0. The monoisotopic (exact) mass is 528 g/mol. The number of anilines is 1. The molecule has 0 spiro atoms. The third-order valence-corrected chi connectivity index (χ3v) is 7.38. The molecule has 1 aromatic rings. The van der Waals surface area contributed by atoms with Gasteiger partial charge in [0.1, 0.15) is 0 Å². The Morgan fingerprint density at radius 3 is 2.29 bits per heavy atom. The van der Waals surface area contributed by atoms with Gasteiger partial charge in [-0.1, -0.05) is 40.5 Å². The van der Waals surface area contributed by atoms with Crippen molar-refractivity contribution in [1.29, 1.82) is 0 Å². The number of likely N-dealkylation sites (tertiary alicyclic amines) is 1. The number of hydrogen-bond acceptors (Lipinski definition) is 5. The number of hydrogen-bond donors (Lipinski definition) is 1. The number of unbranched alkanes of at least 4 members (excludes halogenated alkanes) is 1. The highest BCUT2D eigenvalue weighted by atomic mass is 16.5. The lowest BCUT2D eigenvalue weighted by atomic mass is 10.1. The fraction of sp³-hybridized carbons (Fsp3) is 0.750. The Kier molecular flexibility index (Phi) is 15.6. The van der Waals surface area contributed by atoms with Crippen LogP contribution in [-0.2, 0) is 4.74 Å². The number of nitrogens with one attached hydrogen (secondary N) is 1. The summed E-state index contributed by atoms with van der Waals surface area (Å²) in [6.07, 6.45) is 10.6. The number of carbonyl (C=O) groups excluding carboxylic acids is 1. The zero-order valence-corrected chi connectivity index (χ0v) is 25.4. The summed E-state index contributed by atoms with van der Waals surface area (Å²) in [7, 11) is 1.72. The van der Waals surface area contributed by atoms with E-state index in [1.807, 2.05) is 30.0 Å². The molecule has 38 heavy (non-hydrogen) atoms. The minimum Gasteiger partial charge on any atom is -0.384 e. The van der Waals surface area contributed by atoms with Crippen molar-refractivity contribution in [3.8, 4) is 0 Å². The Labute approximate surface area is 233 Å². The Morgan fingerprint density at radius 1 is 1.03 bits per heavy atom. The lowest BCUT2D eigenvalue weighted by Gasteiger charge is -2.25. The second-order valence-corrected chi connectivity index (χ2v) is 11.9. The van der Waals surface area contributed by atoms with E-state index < -0.39 is 0 Å². The molecule has 6 heteroatoms. The lowest BCUT2D eigenvalue weighted by molar-refractivity contribution is 0.0741. The first-order valence-electron chi connectivity index (χ1n) is 15.2. The van der Waals surface area contributed by atoms with Gasteiger partial charge >= 0.3 is 0 Å². The predicted molar refractivity (Wildman–Crippen MR) is 163 cm³/mol. The van der Waals surface area contributed by atoms with E-state index in [0.717, 1.165) is 68.0 Å². The topological polar surface area (TPSA) is 57.2 Å². The molecule has 216 valence electrons. The molecule has 1 amide bonds. The molecule has 0 unspecified atom stereocenters. The van der Waals surface area contributed by atoms with Crippen molar-refractivity contribution < 1.29 is 9.53 Å². The first-order chi connectivity index (χ1) is 18.3. The maximum absolute atomic E-state index is 13.6. The summed E-state index contributed by atoms with van der Waals surface area (Å²) in [5.41, 5.74) is 3.64. The van der Waals surface area contributed by atoms with Gasteiger partial charge in [-0.3, -0.25) is 9.79 Å². The smallest absolute Gasteiger partial charge is 0.253 e. The third-order valence-electron chi connectivity index (χ3n) is 7.38. The van der Waals surface area contributed by atoms with E-state index in [-0.39, 0.29) is 5.91 Å². The molecule has 2 rings (SSSR count). The molecule has 0 radical (unpaired) electrons. The Balaban J connectivity index is 2.12. The van der Waals surface area contributed by atoms with Crippen LogP contribution in [0.2, 0.25) is 0 Å². The van der Waals surface area contributed by atoms with Crippen molar-refractivity contribution in [2.24, 2.45) is 16.8 Å². The summed E-state index contributed by atoms with van der Waals surface area (Å²) < 4.78 is 5.24. The summed E-state index contributed by atoms with van der Waals surface area (Å²) in [6, 6.07) is 5.98. The molecule has 6 nitrogen and oxygen atoms in total. The maximum Gasteiger partial charge on any atom is 0.253 e. The van der Waals surface area contributed by atoms with E-state index in [0.29, 0.717) is 18.4 Å². The first-order valence-corrected chi connectivity index (χ1v) is 15.2. The summed E-state index contributed by atoms with van der Waals surface area (Å²) in [4.78, 5) is 23.2. The maximum atomic E-state index is 13.6. The van der Waals surface area contributed by atoms with Gasteiger partial charge in [-0.25, -0.2) is 0 Å². The van der Waals surface area contributed by atoms with Gasteiger partial charge in [-0.2, -0.15) is 0 Å². The van der Waals surface area contributed by atoms with Crippen LogP contribution in [0.25, 0.3) is 0 Å². The van der Waals surface area contributed by atoms with Crippen molar-refractivity contribution in [3.63, 3.8) is 0 Å². The molecular formula is C32H56N4O2. The number of aliphatic imine (C=N–C) groups is 1. The lowest BCUT2D eigenvalue weighted by Crippen LogP contribution is -2.34. The van der Waals surface area contributed by atoms with Crippen molar-refractivity contribution in [3.05, 3.63) is 23.8 Å². The standard InChI is InChI=1S/C32H56N4O2/c1-26(2)15-22-36(23-16-27(3)4)32(37)29-13-14-30(34-28(5)17-24-38-6)31(25-29)33-18-9-12-21-35-19-10-7-8-11-20-35/h13-14,25-27,33H,7-12,15-24H2,1-6H3. The van der Waals surface area contributed by atoms with Crippen LogP contribution in [0.1, 0.15) is 103 Å². The summed E-state index contributed by atoms with van der Waals surface area (Å²) in [5, 5.41) is 3.63. The minimum atomic E-state index is 0.127. The molecule has 1 heterocycles. The van der Waals surface area contributed by atoms with E-state index in [1.54, 1.807) is 7.11 Å². The van der Waals surface area contributed by atoms with Gasteiger partial charge in [0.15, 0.2) is 0 Å². The van der Waals surface area contributed by atoms with Crippen molar-refractivity contribution in [2.75, 3.05) is 58.3 Å². The highest BCUT2D eigenvalue weighted by Crippen LogP contribution is 2.28. The highest BCUT2D eigenvalue weighted by Gasteiger charge is 2.18. The molecule has 1 N–H and O–H groups in total. The van der Waals surface area contributed by atoms with Gasteiger partial charge in [0.2, 0.25) is 0 Å². The molecule has 1 aliphatic rings. The van der Waals surface area contributed by atoms with Crippen LogP contribution in [0.3, 0.4) is 0 Å². The van der Waals surface area contributed by atoms with Gasteiger partial charge in [0.05, 0.1) is 18.0 Å². The van der Waals surface area contributed by atoms with E-state index in [9.17, 15) is 4.79 Å². The number of nitrogens with zero attached hydrogens (tertiary/aromatic N) is 3. The third kappa shape index (κ3) is 12.8. The first kappa shape index (κ1) is 32.3. The van der Waals surface area contributed by atoms with Gasteiger partial charge < -0.3 is 19.9 Å². The Morgan fingerprint density at radius 2 is 1.68 bits per heavy atom. The molecule has 1 fully saturated rings. The molecule has 1 aliphatic heterocycles. The molecule has 0 aliphatic carbocycles. The average molecular weight is 529 g/mol. The molecule has 0 aromatic heterocycles. The van der Waals surface area contributed by atoms with Gasteiger partial charge in [-0.05, 0) is 95.1 Å². The van der Waals surface area contributed by atoms with Crippen LogP contribution in [0.15, 0.2) is 23.2 Å². The summed E-state index contributed by atoms with van der Waals surface area (Å²) in [6.45, 7) is 17.8. The number of methoxy groups -OCH3 is 1. The normalized spacial score (nSPS) is 15.2. The minimum absolute atomic E-state index is 0.127. The second kappa shape index (κ2) is 18.4. The molecule has 1 saturated heterocycles. The molecular weight excluding hydrogens is 472 g/mol. The Hall–Kier alpha value is -1.92. The molecule has 0 bridgehead atoms. The fourth-order valence-electron chi connectivity index (χ4n) is 4.79. The number of rotatable bonds is 17. The number of amides is 1. The highest BCUT2D eigenvalue weighted by molar-refractivity contribution is 5.97. The Bertz CT molecular complexity index is 817. The molecule has 0 atom stereocenters. The molecule has 1 aromatic carbocycles. The van der Waals surface area contributed by atoms with Crippen LogP contribution in [0, 0.1) is 11.8 Å². The number of carbonyl (C=O) groups is 1. The van der Waals surface area contributed by atoms with Gasteiger partial charge in [-0.15, -0.1) is 0 Å². The number of ether oxygens (including phenoxy) is 1. The van der Waals surface area contributed by atoms with Crippen LogP contribution in [0.4, 0.5) is 11.4 Å². The fourth-order valence-corrected chi connectivity index (χ4v) is 4.79. The van der Waals surface area contributed by atoms with E-state index in [2.05, 4.69) is 37.9 Å². The van der Waals surface area contributed by atoms with Crippen LogP contribution < -0.4 is 5.32 Å². The quantitative estimate of drug-likeness (QED) is 0.169. The zero-order valence-electron chi connectivity index (χ0n) is 25.4. The zero-order chi connectivity index (χ0) is 27.8. The van der Waals surface area contributed by atoms with Crippen LogP contribution in [0.5, 0.6) is 0 Å².